The van der Waals surface area contributed by atoms with E-state index in [1.807, 2.05) is 6.92 Å². The molecule has 1 heterocycles. The number of aliphatic hydroxyl groups excluding tert-OH is 1. The number of aliphatic hydroxyl groups is 1. The van der Waals surface area contributed by atoms with Crippen LogP contribution in [0.4, 0.5) is 17.6 Å². The highest BCUT2D eigenvalue weighted by Gasteiger charge is 2.33. The van der Waals surface area contributed by atoms with E-state index >= 15 is 0 Å². The van der Waals surface area contributed by atoms with Crippen LogP contribution >= 0.6 is 11.3 Å². The highest BCUT2D eigenvalue weighted by Crippen LogP contribution is 2.29. The Morgan fingerprint density at radius 2 is 2.00 bits per heavy atom. The van der Waals surface area contributed by atoms with E-state index in [2.05, 4.69) is 20.6 Å². The smallest absolute Gasteiger partial charge is 0.434 e. The van der Waals surface area contributed by atoms with Gasteiger partial charge in [0.25, 0.3) is 0 Å². The lowest BCUT2D eigenvalue weighted by Crippen LogP contribution is -2.39. The normalized spacial score (nSPS) is 13.2. The first kappa shape index (κ1) is 22.9. The van der Waals surface area contributed by atoms with Crippen molar-refractivity contribution < 1.29 is 27.4 Å². The third-order valence-corrected chi connectivity index (χ3v) is 4.44. The van der Waals surface area contributed by atoms with E-state index in [1.54, 1.807) is 0 Å². The van der Waals surface area contributed by atoms with E-state index in [0.29, 0.717) is 36.2 Å². The summed E-state index contributed by atoms with van der Waals surface area (Å²) in [5.41, 5.74) is -0.887. The van der Waals surface area contributed by atoms with Crippen molar-refractivity contribution >= 4 is 17.3 Å². The number of alkyl halides is 3. The van der Waals surface area contributed by atoms with Gasteiger partial charge in [0.1, 0.15) is 24.3 Å². The van der Waals surface area contributed by atoms with Gasteiger partial charge in [-0.15, -0.1) is 11.3 Å². The summed E-state index contributed by atoms with van der Waals surface area (Å²) in [4.78, 5) is 7.79. The summed E-state index contributed by atoms with van der Waals surface area (Å²) in [6.07, 6.45) is -5.02. The molecular weight excluding hydrogens is 412 g/mol. The van der Waals surface area contributed by atoms with Crippen LogP contribution in [-0.2, 0) is 12.6 Å². The number of nitrogens with one attached hydrogen (secondary N) is 2. The second kappa shape index (κ2) is 11.0. The molecular formula is C18H22F4N4O2S. The number of guanidine groups is 1. The SMILES string of the molecule is CCNC(=NCC(O)COc1ccc(F)cc1)NCCc1nc(C(F)(F)F)cs1. The monoisotopic (exact) mass is 434 g/mol. The van der Waals surface area contributed by atoms with Crippen LogP contribution < -0.4 is 15.4 Å². The summed E-state index contributed by atoms with van der Waals surface area (Å²) < 4.78 is 55.9. The van der Waals surface area contributed by atoms with Crippen LogP contribution in [0.1, 0.15) is 17.6 Å². The summed E-state index contributed by atoms with van der Waals surface area (Å²) >= 11 is 0.954. The van der Waals surface area contributed by atoms with Crippen molar-refractivity contribution in [2.75, 3.05) is 26.2 Å². The van der Waals surface area contributed by atoms with Crippen LogP contribution in [0.15, 0.2) is 34.6 Å². The molecule has 1 aromatic heterocycles. The van der Waals surface area contributed by atoms with Gasteiger partial charge in [0.05, 0.1) is 11.6 Å². The van der Waals surface area contributed by atoms with E-state index in [4.69, 9.17) is 4.74 Å². The minimum absolute atomic E-state index is 0.0200. The summed E-state index contributed by atoms with van der Waals surface area (Å²) in [6.45, 7) is 2.80. The standard InChI is InChI=1S/C18H22F4N4O2S/c1-2-23-17(24-8-7-16-26-15(11-29-16)18(20,21)22)25-9-13(27)10-28-14-5-3-12(19)4-6-14/h3-6,11,13,27H,2,7-10H2,1H3,(H2,23,24,25). The molecule has 6 nitrogen and oxygen atoms in total. The summed E-state index contributed by atoms with van der Waals surface area (Å²) in [5.74, 6) is 0.471. The van der Waals surface area contributed by atoms with Gasteiger partial charge in [-0.3, -0.25) is 4.99 Å². The topological polar surface area (TPSA) is 78.8 Å². The molecule has 3 N–H and O–H groups in total. The number of thiazole rings is 1. The molecule has 0 saturated carbocycles. The first-order valence-corrected chi connectivity index (χ1v) is 9.76. The van der Waals surface area contributed by atoms with Crippen molar-refractivity contribution in [3.63, 3.8) is 0 Å². The molecule has 11 heteroatoms. The number of aliphatic imine (C=N–C) groups is 1. The van der Waals surface area contributed by atoms with E-state index in [9.17, 15) is 22.7 Å². The fraction of sp³-hybridized carbons (Fsp3) is 0.444. The van der Waals surface area contributed by atoms with E-state index in [0.717, 1.165) is 16.7 Å². The molecule has 1 aromatic carbocycles. The number of hydrogen-bond acceptors (Lipinski definition) is 5. The van der Waals surface area contributed by atoms with Gasteiger partial charge in [0, 0.05) is 24.9 Å². The van der Waals surface area contributed by atoms with Crippen molar-refractivity contribution in [2.24, 2.45) is 4.99 Å². The van der Waals surface area contributed by atoms with Crippen LogP contribution in [0.2, 0.25) is 0 Å². The van der Waals surface area contributed by atoms with E-state index < -0.39 is 18.0 Å². The van der Waals surface area contributed by atoms with E-state index in [-0.39, 0.29) is 19.0 Å². The van der Waals surface area contributed by atoms with Crippen molar-refractivity contribution in [3.05, 3.63) is 46.2 Å². The molecule has 0 aliphatic carbocycles. The third-order valence-electron chi connectivity index (χ3n) is 3.53. The number of aromatic nitrogens is 1. The van der Waals surface area contributed by atoms with Gasteiger partial charge in [0.15, 0.2) is 11.7 Å². The highest BCUT2D eigenvalue weighted by molar-refractivity contribution is 7.09. The Kier molecular flexibility index (Phi) is 8.65. The minimum Gasteiger partial charge on any atom is -0.491 e. The number of hydrogen-bond donors (Lipinski definition) is 3. The second-order valence-corrected chi connectivity index (χ2v) is 6.88. The molecule has 2 aromatic rings. The zero-order chi connectivity index (χ0) is 21.3. The van der Waals surface area contributed by atoms with Crippen LogP contribution in [0.5, 0.6) is 5.75 Å². The molecule has 0 saturated heterocycles. The molecule has 0 amide bonds. The van der Waals surface area contributed by atoms with Gasteiger partial charge >= 0.3 is 6.18 Å². The zero-order valence-corrected chi connectivity index (χ0v) is 16.5. The largest absolute Gasteiger partial charge is 0.491 e. The molecule has 0 aliphatic heterocycles. The van der Waals surface area contributed by atoms with Crippen molar-refractivity contribution in [3.8, 4) is 5.75 Å². The number of ether oxygens (including phenoxy) is 1. The van der Waals surface area contributed by atoms with Crippen molar-refractivity contribution in [1.82, 2.24) is 15.6 Å². The predicted molar refractivity (Wildman–Crippen MR) is 103 cm³/mol. The molecule has 1 atom stereocenters. The molecule has 29 heavy (non-hydrogen) atoms. The predicted octanol–water partition coefficient (Wildman–Crippen LogP) is 2.84. The quantitative estimate of drug-likeness (QED) is 0.321. The molecule has 0 aliphatic rings. The zero-order valence-electron chi connectivity index (χ0n) is 15.7. The maximum absolute atomic E-state index is 12.8. The lowest BCUT2D eigenvalue weighted by molar-refractivity contribution is -0.140. The maximum atomic E-state index is 12.8. The first-order chi connectivity index (χ1) is 13.8. The Hall–Kier alpha value is -2.40. The second-order valence-electron chi connectivity index (χ2n) is 5.94. The average molecular weight is 434 g/mol. The maximum Gasteiger partial charge on any atom is 0.434 e. The van der Waals surface area contributed by atoms with E-state index in [1.165, 1.54) is 24.3 Å². The average Bonchev–Trinajstić information content (AvgIpc) is 3.15. The van der Waals surface area contributed by atoms with Crippen molar-refractivity contribution in [2.45, 2.75) is 25.6 Å². The fourth-order valence-corrected chi connectivity index (χ4v) is 2.96. The molecule has 160 valence electrons. The Bertz CT molecular complexity index is 781. The summed E-state index contributed by atoms with van der Waals surface area (Å²) in [6, 6.07) is 5.43. The van der Waals surface area contributed by atoms with Crippen LogP contribution in [0.3, 0.4) is 0 Å². The summed E-state index contributed by atoms with van der Waals surface area (Å²) in [7, 11) is 0. The molecule has 0 radical (unpaired) electrons. The van der Waals surface area contributed by atoms with Crippen LogP contribution in [0, 0.1) is 5.82 Å². The Balaban J connectivity index is 1.77. The Labute approximate surface area is 169 Å². The number of benzene rings is 1. The van der Waals surface area contributed by atoms with Gasteiger partial charge in [0.2, 0.25) is 0 Å². The molecule has 1 unspecified atom stereocenters. The van der Waals surface area contributed by atoms with Gasteiger partial charge in [-0.25, -0.2) is 9.37 Å². The summed E-state index contributed by atoms with van der Waals surface area (Å²) in [5, 5.41) is 17.3. The molecule has 0 spiro atoms. The Morgan fingerprint density at radius 3 is 2.62 bits per heavy atom. The Morgan fingerprint density at radius 1 is 1.28 bits per heavy atom. The highest BCUT2D eigenvalue weighted by atomic mass is 32.1. The van der Waals surface area contributed by atoms with Gasteiger partial charge in [-0.05, 0) is 31.2 Å². The van der Waals surface area contributed by atoms with Crippen LogP contribution in [0.25, 0.3) is 0 Å². The lowest BCUT2D eigenvalue weighted by atomic mass is 10.3. The van der Waals surface area contributed by atoms with Gasteiger partial charge in [-0.1, -0.05) is 0 Å². The number of rotatable bonds is 9. The molecule has 2 rings (SSSR count). The number of halogens is 4. The number of nitrogens with zero attached hydrogens (tertiary/aromatic N) is 2. The fourth-order valence-electron chi connectivity index (χ4n) is 2.16. The first-order valence-electron chi connectivity index (χ1n) is 8.88. The minimum atomic E-state index is -4.44. The van der Waals surface area contributed by atoms with Crippen molar-refractivity contribution in [1.29, 1.82) is 0 Å². The third kappa shape index (κ3) is 8.24. The van der Waals surface area contributed by atoms with Gasteiger partial charge in [-0.2, -0.15) is 13.2 Å². The molecule has 0 bridgehead atoms. The van der Waals surface area contributed by atoms with Crippen LogP contribution in [-0.4, -0.2) is 48.4 Å². The molecule has 0 fully saturated rings. The lowest BCUT2D eigenvalue weighted by Gasteiger charge is -2.13. The van der Waals surface area contributed by atoms with Gasteiger partial charge < -0.3 is 20.5 Å².